The number of ether oxygens (including phenoxy) is 1. The van der Waals surface area contributed by atoms with Crippen LogP contribution < -0.4 is 15.4 Å². The highest BCUT2D eigenvalue weighted by Crippen LogP contribution is 2.35. The van der Waals surface area contributed by atoms with Crippen LogP contribution in [-0.4, -0.2) is 50.5 Å². The molecule has 1 aromatic carbocycles. The van der Waals surface area contributed by atoms with Crippen LogP contribution in [0.25, 0.3) is 16.6 Å². The first kappa shape index (κ1) is 20.4. The fourth-order valence-corrected chi connectivity index (χ4v) is 4.73. The number of hydrogen-bond donors (Lipinski definition) is 2. The molecule has 4 aromatic rings. The third-order valence-electron chi connectivity index (χ3n) is 6.49. The van der Waals surface area contributed by atoms with E-state index < -0.39 is 0 Å². The van der Waals surface area contributed by atoms with Gasteiger partial charge in [0.1, 0.15) is 11.4 Å². The van der Waals surface area contributed by atoms with Gasteiger partial charge in [0.15, 0.2) is 5.65 Å². The lowest BCUT2D eigenvalue weighted by atomic mass is 9.83. The summed E-state index contributed by atoms with van der Waals surface area (Å²) < 4.78 is 9.21. The zero-order chi connectivity index (χ0) is 22.2. The summed E-state index contributed by atoms with van der Waals surface area (Å²) in [5, 5.41) is 16.3. The Labute approximate surface area is 185 Å². The van der Waals surface area contributed by atoms with Gasteiger partial charge in [-0.25, -0.2) is 9.50 Å². The van der Waals surface area contributed by atoms with E-state index >= 15 is 0 Å². The largest absolute Gasteiger partial charge is 0.496 e. The van der Waals surface area contributed by atoms with Crippen molar-refractivity contribution in [3.63, 3.8) is 0 Å². The molecule has 3 heterocycles. The molecule has 0 bridgehead atoms. The number of carbonyl (C=O) groups is 1. The molecule has 9 heteroatoms. The first-order valence-electron chi connectivity index (χ1n) is 10.9. The van der Waals surface area contributed by atoms with Gasteiger partial charge in [-0.1, -0.05) is 6.92 Å². The van der Waals surface area contributed by atoms with Crippen LogP contribution in [0.15, 0.2) is 43.0 Å². The topological polar surface area (TPSA) is 98.4 Å². The maximum absolute atomic E-state index is 13.1. The van der Waals surface area contributed by atoms with Gasteiger partial charge in [0, 0.05) is 36.1 Å². The van der Waals surface area contributed by atoms with E-state index in [1.807, 2.05) is 25.4 Å². The molecule has 3 atom stereocenters. The second-order valence-electron chi connectivity index (χ2n) is 8.46. The number of methoxy groups -OCH3 is 1. The van der Waals surface area contributed by atoms with Crippen molar-refractivity contribution in [2.45, 2.75) is 38.3 Å². The highest BCUT2D eigenvalue weighted by molar-refractivity contribution is 6.09. The summed E-state index contributed by atoms with van der Waals surface area (Å²) in [5.41, 5.74) is 2.39. The van der Waals surface area contributed by atoms with Crippen molar-refractivity contribution in [1.29, 1.82) is 0 Å². The third-order valence-corrected chi connectivity index (χ3v) is 6.49. The maximum Gasteiger partial charge on any atom is 0.259 e. The van der Waals surface area contributed by atoms with Crippen LogP contribution in [-0.2, 0) is 0 Å². The predicted octanol–water partition coefficient (Wildman–Crippen LogP) is 3.29. The summed E-state index contributed by atoms with van der Waals surface area (Å²) in [6, 6.07) is 6.37. The van der Waals surface area contributed by atoms with Crippen LogP contribution >= 0.6 is 0 Å². The first-order chi connectivity index (χ1) is 15.6. The van der Waals surface area contributed by atoms with Crippen molar-refractivity contribution in [1.82, 2.24) is 29.7 Å². The average molecular weight is 434 g/mol. The van der Waals surface area contributed by atoms with Crippen molar-refractivity contribution < 1.29 is 9.53 Å². The number of nitrogens with one attached hydrogen (secondary N) is 2. The average Bonchev–Trinajstić information content (AvgIpc) is 3.41. The number of hydrogen-bond acceptors (Lipinski definition) is 6. The first-order valence-corrected chi connectivity index (χ1v) is 10.9. The molecule has 9 nitrogen and oxygen atoms in total. The fraction of sp³-hybridized carbons (Fsp3) is 0.391. The molecule has 1 amide bonds. The molecule has 0 aliphatic heterocycles. The summed E-state index contributed by atoms with van der Waals surface area (Å²) in [6.07, 6.45) is 10.4. The van der Waals surface area contributed by atoms with Crippen LogP contribution in [0.4, 0.5) is 5.69 Å². The molecular weight excluding hydrogens is 406 g/mol. The van der Waals surface area contributed by atoms with E-state index in [2.05, 4.69) is 32.3 Å². The number of nitrogens with zero attached hydrogens (tertiary/aromatic N) is 5. The Morgan fingerprint density at radius 2 is 2.16 bits per heavy atom. The van der Waals surface area contributed by atoms with Gasteiger partial charge in [0.2, 0.25) is 0 Å². The second kappa shape index (κ2) is 8.23. The fourth-order valence-electron chi connectivity index (χ4n) is 4.73. The maximum atomic E-state index is 13.1. The zero-order valence-electron chi connectivity index (χ0n) is 18.4. The van der Waals surface area contributed by atoms with E-state index in [0.717, 1.165) is 30.2 Å². The third kappa shape index (κ3) is 3.58. The van der Waals surface area contributed by atoms with Crippen LogP contribution in [0.1, 0.15) is 42.6 Å². The molecule has 0 saturated heterocycles. The van der Waals surface area contributed by atoms with Gasteiger partial charge in [0.05, 0.1) is 30.4 Å². The van der Waals surface area contributed by atoms with Crippen LogP contribution in [0.2, 0.25) is 0 Å². The Balaban J connectivity index is 1.45. The molecule has 5 rings (SSSR count). The van der Waals surface area contributed by atoms with Crippen LogP contribution in [0.5, 0.6) is 5.75 Å². The number of fused-ring (bicyclic) bond motifs is 2. The Bertz CT molecular complexity index is 1280. The summed E-state index contributed by atoms with van der Waals surface area (Å²) >= 11 is 0. The molecule has 1 fully saturated rings. The second-order valence-corrected chi connectivity index (χ2v) is 8.46. The molecule has 0 spiro atoms. The number of benzene rings is 1. The number of carbonyl (C=O) groups excluding carboxylic acids is 1. The number of aromatic nitrogens is 5. The lowest BCUT2D eigenvalue weighted by molar-refractivity contribution is 0.102. The van der Waals surface area contributed by atoms with Gasteiger partial charge < -0.3 is 15.4 Å². The van der Waals surface area contributed by atoms with Crippen LogP contribution in [0.3, 0.4) is 0 Å². The van der Waals surface area contributed by atoms with Gasteiger partial charge in [0.25, 0.3) is 5.91 Å². The van der Waals surface area contributed by atoms with Gasteiger partial charge in [-0.2, -0.15) is 10.2 Å². The molecule has 166 valence electrons. The molecule has 32 heavy (non-hydrogen) atoms. The quantitative estimate of drug-likeness (QED) is 0.501. The van der Waals surface area contributed by atoms with Gasteiger partial charge in [-0.05, 0) is 44.4 Å². The Morgan fingerprint density at radius 3 is 2.94 bits per heavy atom. The lowest BCUT2D eigenvalue weighted by Gasteiger charge is -2.34. The van der Waals surface area contributed by atoms with E-state index in [1.165, 1.54) is 0 Å². The highest BCUT2D eigenvalue weighted by Gasteiger charge is 2.29. The van der Waals surface area contributed by atoms with Gasteiger partial charge >= 0.3 is 0 Å². The minimum absolute atomic E-state index is 0.278. The molecule has 1 aliphatic rings. The van der Waals surface area contributed by atoms with E-state index in [0.29, 0.717) is 40.6 Å². The molecular formula is C23H27N7O2. The molecule has 3 aromatic heterocycles. The normalized spacial score (nSPS) is 21.2. The summed E-state index contributed by atoms with van der Waals surface area (Å²) in [7, 11) is 3.59. The Morgan fingerprint density at radius 1 is 1.28 bits per heavy atom. The Hall–Kier alpha value is -3.46. The van der Waals surface area contributed by atoms with E-state index in [4.69, 9.17) is 9.84 Å². The van der Waals surface area contributed by atoms with E-state index in [9.17, 15) is 4.79 Å². The SMILES string of the molecule is CNC1CC[C@@H](n2cc3cc(C(=O)Nc4cnn5cccnc45)c(OC)cc3n2)[C@H](C)C1. The standard InChI is InChI=1S/C23H27N7O2/c1-14-9-16(24-2)5-6-20(14)30-13-15-10-17(21(32-3)11-18(15)28-30)23(31)27-19-12-26-29-8-4-7-25-22(19)29/h4,7-8,10-14,16,20,24H,5-6,9H2,1-3H3,(H,27,31)/t14-,16?,20-/m1/s1. The van der Waals surface area contributed by atoms with Gasteiger partial charge in [-0.15, -0.1) is 0 Å². The Kier molecular flexibility index (Phi) is 5.26. The van der Waals surface area contributed by atoms with Crippen molar-refractivity contribution in [2.75, 3.05) is 19.5 Å². The van der Waals surface area contributed by atoms with Crippen molar-refractivity contribution in [3.8, 4) is 5.75 Å². The summed E-state index contributed by atoms with van der Waals surface area (Å²) in [6.45, 7) is 2.28. The van der Waals surface area contributed by atoms with Crippen molar-refractivity contribution >= 4 is 28.1 Å². The predicted molar refractivity (Wildman–Crippen MR) is 122 cm³/mol. The van der Waals surface area contributed by atoms with Crippen LogP contribution in [0, 0.1) is 5.92 Å². The number of amides is 1. The molecule has 1 saturated carbocycles. The molecule has 1 unspecified atom stereocenters. The number of rotatable bonds is 5. The minimum Gasteiger partial charge on any atom is -0.496 e. The van der Waals surface area contributed by atoms with Crippen molar-refractivity contribution in [3.05, 3.63) is 48.5 Å². The highest BCUT2D eigenvalue weighted by atomic mass is 16.5. The minimum atomic E-state index is -0.278. The summed E-state index contributed by atoms with van der Waals surface area (Å²) in [5.74, 6) is 0.722. The molecule has 0 radical (unpaired) electrons. The lowest BCUT2D eigenvalue weighted by Crippen LogP contribution is -2.35. The summed E-state index contributed by atoms with van der Waals surface area (Å²) in [4.78, 5) is 17.4. The number of anilines is 1. The van der Waals surface area contributed by atoms with E-state index in [-0.39, 0.29) is 5.91 Å². The molecule has 1 aliphatic carbocycles. The zero-order valence-corrected chi connectivity index (χ0v) is 18.4. The van der Waals surface area contributed by atoms with Gasteiger partial charge in [-0.3, -0.25) is 9.48 Å². The van der Waals surface area contributed by atoms with Crippen molar-refractivity contribution in [2.24, 2.45) is 5.92 Å². The molecule has 2 N–H and O–H groups in total. The monoisotopic (exact) mass is 433 g/mol. The van der Waals surface area contributed by atoms with E-state index in [1.54, 1.807) is 36.3 Å². The smallest absolute Gasteiger partial charge is 0.259 e.